The Bertz CT molecular complexity index is 461. The monoisotopic (exact) mass is 244 g/mol. The molecule has 0 atom stereocenters. The molecule has 0 saturated carbocycles. The lowest BCUT2D eigenvalue weighted by atomic mass is 10.2. The zero-order valence-corrected chi connectivity index (χ0v) is 10.6. The molecule has 0 radical (unpaired) electrons. The first-order valence-electron chi connectivity index (χ1n) is 5.62. The van der Waals surface area contributed by atoms with Crippen molar-refractivity contribution in [2.75, 3.05) is 14.2 Å². The van der Waals surface area contributed by atoms with E-state index in [9.17, 15) is 4.79 Å². The standard InChI is InChI=1S/C15H16O3/c1-17-14-11-9-13(10-12-14)7-5-3-4-6-8-15(16)18-2/h5,7,9-12H,6,8H2,1-2H3/b7-5+. The first-order chi connectivity index (χ1) is 8.76. The second-order valence-electron chi connectivity index (χ2n) is 3.50. The van der Waals surface area contributed by atoms with Gasteiger partial charge in [0.05, 0.1) is 20.6 Å². The quantitative estimate of drug-likeness (QED) is 0.603. The van der Waals surface area contributed by atoms with E-state index in [1.807, 2.05) is 30.3 Å². The van der Waals surface area contributed by atoms with E-state index in [4.69, 9.17) is 4.74 Å². The van der Waals surface area contributed by atoms with Crippen LogP contribution in [0.15, 0.2) is 30.3 Å². The van der Waals surface area contributed by atoms with Crippen molar-refractivity contribution >= 4 is 12.0 Å². The van der Waals surface area contributed by atoms with Crippen LogP contribution < -0.4 is 4.74 Å². The summed E-state index contributed by atoms with van der Waals surface area (Å²) in [6.45, 7) is 0. The molecule has 0 aliphatic carbocycles. The van der Waals surface area contributed by atoms with Crippen LogP contribution in [0.4, 0.5) is 0 Å². The number of rotatable bonds is 4. The van der Waals surface area contributed by atoms with Gasteiger partial charge in [-0.15, -0.1) is 0 Å². The highest BCUT2D eigenvalue weighted by molar-refractivity contribution is 5.69. The van der Waals surface area contributed by atoms with Crippen LogP contribution in [0.3, 0.4) is 0 Å². The van der Waals surface area contributed by atoms with E-state index in [2.05, 4.69) is 16.6 Å². The number of hydrogen-bond acceptors (Lipinski definition) is 3. The molecule has 1 aromatic carbocycles. The van der Waals surface area contributed by atoms with Crippen LogP contribution in [0.1, 0.15) is 18.4 Å². The zero-order chi connectivity index (χ0) is 13.2. The molecular formula is C15H16O3. The van der Waals surface area contributed by atoms with Crippen molar-refractivity contribution in [1.82, 2.24) is 0 Å². The van der Waals surface area contributed by atoms with Crippen LogP contribution in [0.5, 0.6) is 5.75 Å². The highest BCUT2D eigenvalue weighted by Gasteiger charge is 1.95. The summed E-state index contributed by atoms with van der Waals surface area (Å²) in [4.78, 5) is 10.8. The smallest absolute Gasteiger partial charge is 0.306 e. The van der Waals surface area contributed by atoms with Crippen molar-refractivity contribution < 1.29 is 14.3 Å². The lowest BCUT2D eigenvalue weighted by molar-refractivity contribution is -0.140. The van der Waals surface area contributed by atoms with E-state index < -0.39 is 0 Å². The minimum atomic E-state index is -0.233. The largest absolute Gasteiger partial charge is 0.497 e. The second kappa shape index (κ2) is 7.97. The molecule has 0 aliphatic heterocycles. The Morgan fingerprint density at radius 2 is 2.00 bits per heavy atom. The highest BCUT2D eigenvalue weighted by atomic mass is 16.5. The van der Waals surface area contributed by atoms with Gasteiger partial charge in [0.1, 0.15) is 5.75 Å². The SMILES string of the molecule is COC(=O)CCC#C/C=C/c1ccc(OC)cc1. The number of esters is 1. The van der Waals surface area contributed by atoms with E-state index in [0.29, 0.717) is 12.8 Å². The first kappa shape index (κ1) is 13.9. The average molecular weight is 244 g/mol. The van der Waals surface area contributed by atoms with Crippen LogP contribution in [0.25, 0.3) is 6.08 Å². The summed E-state index contributed by atoms with van der Waals surface area (Å²) in [5.41, 5.74) is 1.05. The molecule has 0 saturated heterocycles. The fourth-order valence-electron chi connectivity index (χ4n) is 1.25. The number of carbonyl (C=O) groups is 1. The van der Waals surface area contributed by atoms with Gasteiger partial charge in [0, 0.05) is 6.42 Å². The Labute approximate surface area is 107 Å². The van der Waals surface area contributed by atoms with E-state index in [-0.39, 0.29) is 5.97 Å². The number of benzene rings is 1. The molecule has 0 aromatic heterocycles. The molecule has 0 spiro atoms. The molecule has 3 heteroatoms. The number of ether oxygens (including phenoxy) is 2. The molecule has 0 fully saturated rings. The number of hydrogen-bond donors (Lipinski definition) is 0. The van der Waals surface area contributed by atoms with Gasteiger partial charge in [0.15, 0.2) is 0 Å². The van der Waals surface area contributed by atoms with E-state index >= 15 is 0 Å². The third-order valence-corrected chi connectivity index (χ3v) is 2.26. The summed E-state index contributed by atoms with van der Waals surface area (Å²) >= 11 is 0. The zero-order valence-electron chi connectivity index (χ0n) is 10.6. The maximum atomic E-state index is 10.8. The van der Waals surface area contributed by atoms with Gasteiger partial charge >= 0.3 is 5.97 Å². The van der Waals surface area contributed by atoms with Crippen LogP contribution >= 0.6 is 0 Å². The van der Waals surface area contributed by atoms with Crippen molar-refractivity contribution in [3.8, 4) is 17.6 Å². The predicted octanol–water partition coefficient (Wildman–Crippen LogP) is 2.67. The predicted molar refractivity (Wildman–Crippen MR) is 71.1 cm³/mol. The van der Waals surface area contributed by atoms with E-state index in [1.54, 1.807) is 13.2 Å². The van der Waals surface area contributed by atoms with Gasteiger partial charge in [-0.1, -0.05) is 24.0 Å². The normalized spacial score (nSPS) is 9.67. The minimum absolute atomic E-state index is 0.233. The molecule has 0 amide bonds. The molecular weight excluding hydrogens is 228 g/mol. The molecule has 0 aliphatic rings. The molecule has 0 unspecified atom stereocenters. The molecule has 0 N–H and O–H groups in total. The third-order valence-electron chi connectivity index (χ3n) is 2.26. The number of carbonyl (C=O) groups excluding carboxylic acids is 1. The highest BCUT2D eigenvalue weighted by Crippen LogP contribution is 2.11. The maximum absolute atomic E-state index is 10.8. The van der Waals surface area contributed by atoms with Crippen molar-refractivity contribution in [2.24, 2.45) is 0 Å². The summed E-state index contributed by atoms with van der Waals surface area (Å²) in [7, 11) is 3.01. The number of methoxy groups -OCH3 is 2. The van der Waals surface area contributed by atoms with Gasteiger partial charge < -0.3 is 9.47 Å². The Hall–Kier alpha value is -2.21. The first-order valence-corrected chi connectivity index (χ1v) is 5.62. The molecule has 0 heterocycles. The van der Waals surface area contributed by atoms with Crippen LogP contribution in [-0.4, -0.2) is 20.2 Å². The second-order valence-corrected chi connectivity index (χ2v) is 3.50. The Morgan fingerprint density at radius 1 is 1.28 bits per heavy atom. The summed E-state index contributed by atoms with van der Waals surface area (Å²) in [6.07, 6.45) is 4.52. The van der Waals surface area contributed by atoms with Crippen molar-refractivity contribution in [1.29, 1.82) is 0 Å². The fraction of sp³-hybridized carbons (Fsp3) is 0.267. The fourth-order valence-corrected chi connectivity index (χ4v) is 1.25. The van der Waals surface area contributed by atoms with Crippen LogP contribution in [-0.2, 0) is 9.53 Å². The van der Waals surface area contributed by atoms with Crippen molar-refractivity contribution in [3.63, 3.8) is 0 Å². The lowest BCUT2D eigenvalue weighted by Gasteiger charge is -1.98. The van der Waals surface area contributed by atoms with Gasteiger partial charge in [-0.25, -0.2) is 0 Å². The lowest BCUT2D eigenvalue weighted by Crippen LogP contribution is -1.97. The van der Waals surface area contributed by atoms with Gasteiger partial charge in [0.25, 0.3) is 0 Å². The summed E-state index contributed by atoms with van der Waals surface area (Å²) < 4.78 is 9.58. The van der Waals surface area contributed by atoms with Gasteiger partial charge in [0.2, 0.25) is 0 Å². The maximum Gasteiger partial charge on any atom is 0.306 e. The van der Waals surface area contributed by atoms with E-state index in [0.717, 1.165) is 11.3 Å². The Balaban J connectivity index is 2.40. The minimum Gasteiger partial charge on any atom is -0.497 e. The number of allylic oxidation sites excluding steroid dienone is 1. The topological polar surface area (TPSA) is 35.5 Å². The third kappa shape index (κ3) is 5.22. The molecule has 1 rings (SSSR count). The van der Waals surface area contributed by atoms with Gasteiger partial charge in [-0.05, 0) is 29.8 Å². The average Bonchev–Trinajstić information content (AvgIpc) is 2.43. The van der Waals surface area contributed by atoms with Gasteiger partial charge in [-0.2, -0.15) is 0 Å². The van der Waals surface area contributed by atoms with E-state index in [1.165, 1.54) is 7.11 Å². The molecule has 0 bridgehead atoms. The molecule has 3 nitrogen and oxygen atoms in total. The summed E-state index contributed by atoms with van der Waals surface area (Å²) in [5.74, 6) is 6.35. The summed E-state index contributed by atoms with van der Waals surface area (Å²) in [5, 5.41) is 0. The van der Waals surface area contributed by atoms with Crippen molar-refractivity contribution in [3.05, 3.63) is 35.9 Å². The van der Waals surface area contributed by atoms with Gasteiger partial charge in [-0.3, -0.25) is 4.79 Å². The van der Waals surface area contributed by atoms with Crippen LogP contribution in [0.2, 0.25) is 0 Å². The Kier molecular flexibility index (Phi) is 6.13. The van der Waals surface area contributed by atoms with Crippen molar-refractivity contribution in [2.45, 2.75) is 12.8 Å². The Morgan fingerprint density at radius 3 is 2.61 bits per heavy atom. The molecule has 94 valence electrons. The van der Waals surface area contributed by atoms with Crippen LogP contribution in [0, 0.1) is 11.8 Å². The summed E-state index contributed by atoms with van der Waals surface area (Å²) in [6, 6.07) is 7.69. The molecule has 1 aromatic rings. The molecule has 18 heavy (non-hydrogen) atoms.